The van der Waals surface area contributed by atoms with E-state index in [1.54, 1.807) is 13.8 Å². The van der Waals surface area contributed by atoms with Crippen LogP contribution in [0.2, 0.25) is 0 Å². The van der Waals surface area contributed by atoms with E-state index in [0.29, 0.717) is 17.2 Å². The molecule has 1 fully saturated rings. The van der Waals surface area contributed by atoms with Gasteiger partial charge in [0, 0.05) is 6.04 Å². The van der Waals surface area contributed by atoms with Crippen molar-refractivity contribution in [1.29, 1.82) is 0 Å². The van der Waals surface area contributed by atoms with E-state index in [4.69, 9.17) is 0 Å². The zero-order valence-electron chi connectivity index (χ0n) is 11.6. The van der Waals surface area contributed by atoms with E-state index in [9.17, 15) is 8.42 Å². The molecule has 0 spiro atoms. The number of nitrogens with one attached hydrogen (secondary N) is 1. The summed E-state index contributed by atoms with van der Waals surface area (Å²) < 4.78 is 23.3. The summed E-state index contributed by atoms with van der Waals surface area (Å²) in [7, 11) is -2.86. The molecule has 3 nitrogen and oxygen atoms in total. The predicted molar refractivity (Wildman–Crippen MR) is 73.0 cm³/mol. The number of sulfone groups is 1. The van der Waals surface area contributed by atoms with E-state index in [1.807, 2.05) is 0 Å². The maximum atomic E-state index is 11.6. The average molecular weight is 261 g/mol. The molecule has 1 N–H and O–H groups in total. The molecule has 1 saturated carbocycles. The summed E-state index contributed by atoms with van der Waals surface area (Å²) in [4.78, 5) is 0. The zero-order chi connectivity index (χ0) is 13.1. The lowest BCUT2D eigenvalue weighted by molar-refractivity contribution is 0.284. The van der Waals surface area contributed by atoms with Gasteiger partial charge in [0.25, 0.3) is 0 Å². The van der Waals surface area contributed by atoms with Crippen LogP contribution in [0.25, 0.3) is 0 Å². The Morgan fingerprint density at radius 2 is 2.00 bits per heavy atom. The van der Waals surface area contributed by atoms with E-state index in [0.717, 1.165) is 13.0 Å². The van der Waals surface area contributed by atoms with Crippen molar-refractivity contribution in [1.82, 2.24) is 5.32 Å². The fourth-order valence-electron chi connectivity index (χ4n) is 2.49. The molecular formula is C13H27NO2S. The normalized spacial score (nSPS) is 24.4. The SMILES string of the molecule is CC(C)S(=O)(=O)CCCN[C@H]1CCCC1(C)C. The van der Waals surface area contributed by atoms with Gasteiger partial charge in [-0.25, -0.2) is 8.42 Å². The van der Waals surface area contributed by atoms with E-state index in [-0.39, 0.29) is 5.25 Å². The predicted octanol–water partition coefficient (Wildman–Crippen LogP) is 2.37. The van der Waals surface area contributed by atoms with Gasteiger partial charge in [0.05, 0.1) is 11.0 Å². The molecule has 0 saturated heterocycles. The summed E-state index contributed by atoms with van der Waals surface area (Å²) in [6.07, 6.45) is 4.51. The van der Waals surface area contributed by atoms with Gasteiger partial charge in [0.1, 0.15) is 0 Å². The van der Waals surface area contributed by atoms with Crippen LogP contribution in [0.1, 0.15) is 53.4 Å². The molecule has 17 heavy (non-hydrogen) atoms. The second kappa shape index (κ2) is 5.70. The molecule has 1 aliphatic rings. The van der Waals surface area contributed by atoms with E-state index in [1.165, 1.54) is 19.3 Å². The molecule has 1 rings (SSSR count). The van der Waals surface area contributed by atoms with Gasteiger partial charge >= 0.3 is 0 Å². The molecule has 0 bridgehead atoms. The first kappa shape index (κ1) is 15.0. The number of rotatable bonds is 6. The highest BCUT2D eigenvalue weighted by Crippen LogP contribution is 2.36. The number of hydrogen-bond donors (Lipinski definition) is 1. The summed E-state index contributed by atoms with van der Waals surface area (Å²) in [5, 5.41) is 3.27. The van der Waals surface area contributed by atoms with Crippen LogP contribution in [0.15, 0.2) is 0 Å². The van der Waals surface area contributed by atoms with Crippen molar-refractivity contribution in [2.45, 2.75) is 64.7 Å². The van der Waals surface area contributed by atoms with Crippen molar-refractivity contribution >= 4 is 9.84 Å². The molecule has 1 atom stereocenters. The molecule has 0 heterocycles. The van der Waals surface area contributed by atoms with Crippen LogP contribution in [0.3, 0.4) is 0 Å². The summed E-state index contributed by atoms with van der Waals surface area (Å²) in [5.41, 5.74) is 0.372. The lowest BCUT2D eigenvalue weighted by Gasteiger charge is -2.28. The molecular weight excluding hydrogens is 234 g/mol. The molecule has 0 aliphatic heterocycles. The van der Waals surface area contributed by atoms with Crippen molar-refractivity contribution in [3.8, 4) is 0 Å². The molecule has 1 aliphatic carbocycles. The topological polar surface area (TPSA) is 46.2 Å². The second-order valence-electron chi connectivity index (χ2n) is 6.16. The first-order valence-corrected chi connectivity index (χ1v) is 8.42. The highest BCUT2D eigenvalue weighted by atomic mass is 32.2. The van der Waals surface area contributed by atoms with E-state index in [2.05, 4.69) is 19.2 Å². The highest BCUT2D eigenvalue weighted by molar-refractivity contribution is 7.91. The third-order valence-electron chi connectivity index (χ3n) is 3.97. The largest absolute Gasteiger partial charge is 0.313 e. The Balaban J connectivity index is 2.26. The first-order chi connectivity index (χ1) is 7.76. The maximum absolute atomic E-state index is 11.6. The van der Waals surface area contributed by atoms with Gasteiger partial charge in [-0.3, -0.25) is 0 Å². The maximum Gasteiger partial charge on any atom is 0.152 e. The minimum Gasteiger partial charge on any atom is -0.313 e. The summed E-state index contributed by atoms with van der Waals surface area (Å²) >= 11 is 0. The fourth-order valence-corrected chi connectivity index (χ4v) is 3.51. The Bertz CT molecular complexity index is 333. The van der Waals surface area contributed by atoms with Gasteiger partial charge in [0.15, 0.2) is 9.84 Å². The molecule has 0 amide bonds. The third-order valence-corrected chi connectivity index (χ3v) is 6.27. The highest BCUT2D eigenvalue weighted by Gasteiger charge is 2.33. The van der Waals surface area contributed by atoms with Crippen LogP contribution in [0.5, 0.6) is 0 Å². The quantitative estimate of drug-likeness (QED) is 0.747. The van der Waals surface area contributed by atoms with Crippen LogP contribution in [-0.2, 0) is 9.84 Å². The Hall–Kier alpha value is -0.0900. The van der Waals surface area contributed by atoms with Crippen LogP contribution in [0.4, 0.5) is 0 Å². The Morgan fingerprint density at radius 3 is 2.47 bits per heavy atom. The smallest absolute Gasteiger partial charge is 0.152 e. The van der Waals surface area contributed by atoms with Crippen molar-refractivity contribution in [3.63, 3.8) is 0 Å². The minimum atomic E-state index is -2.86. The molecule has 0 unspecified atom stereocenters. The fraction of sp³-hybridized carbons (Fsp3) is 1.00. The molecule has 0 aromatic rings. The molecule has 4 heteroatoms. The van der Waals surface area contributed by atoms with Gasteiger partial charge in [-0.05, 0) is 45.1 Å². The van der Waals surface area contributed by atoms with Gasteiger partial charge in [-0.2, -0.15) is 0 Å². The monoisotopic (exact) mass is 261 g/mol. The minimum absolute atomic E-state index is 0.245. The van der Waals surface area contributed by atoms with Crippen LogP contribution >= 0.6 is 0 Å². The van der Waals surface area contributed by atoms with Crippen LogP contribution in [-0.4, -0.2) is 32.0 Å². The average Bonchev–Trinajstić information content (AvgIpc) is 2.52. The van der Waals surface area contributed by atoms with Gasteiger partial charge in [0.2, 0.25) is 0 Å². The Labute approximate surface area is 106 Å². The standard InChI is InChI=1S/C13H27NO2S/c1-11(2)17(15,16)10-6-9-14-12-7-5-8-13(12,3)4/h11-12,14H,5-10H2,1-4H3/t12-/m0/s1. The lowest BCUT2D eigenvalue weighted by Crippen LogP contribution is -2.38. The van der Waals surface area contributed by atoms with Gasteiger partial charge < -0.3 is 5.32 Å². The Kier molecular flexibility index (Phi) is 5.02. The van der Waals surface area contributed by atoms with Crippen molar-refractivity contribution < 1.29 is 8.42 Å². The summed E-state index contributed by atoms with van der Waals surface area (Å²) in [6, 6.07) is 0.559. The number of hydrogen-bond acceptors (Lipinski definition) is 3. The van der Waals surface area contributed by atoms with Crippen LogP contribution in [0, 0.1) is 5.41 Å². The molecule has 102 valence electrons. The molecule has 0 aromatic carbocycles. The summed E-state index contributed by atoms with van der Waals surface area (Å²) in [6.45, 7) is 8.91. The van der Waals surface area contributed by atoms with E-state index >= 15 is 0 Å². The van der Waals surface area contributed by atoms with Crippen molar-refractivity contribution in [3.05, 3.63) is 0 Å². The second-order valence-corrected chi connectivity index (χ2v) is 8.83. The summed E-state index contributed by atoms with van der Waals surface area (Å²) in [5.74, 6) is 0.310. The van der Waals surface area contributed by atoms with Gasteiger partial charge in [-0.15, -0.1) is 0 Å². The van der Waals surface area contributed by atoms with Gasteiger partial charge in [-0.1, -0.05) is 20.3 Å². The molecule has 0 aromatic heterocycles. The first-order valence-electron chi connectivity index (χ1n) is 6.71. The zero-order valence-corrected chi connectivity index (χ0v) is 12.4. The Morgan fingerprint density at radius 1 is 1.35 bits per heavy atom. The van der Waals surface area contributed by atoms with E-state index < -0.39 is 9.84 Å². The molecule has 0 radical (unpaired) electrons. The lowest BCUT2D eigenvalue weighted by atomic mass is 9.87. The third kappa shape index (κ3) is 4.25. The van der Waals surface area contributed by atoms with Crippen molar-refractivity contribution in [2.75, 3.05) is 12.3 Å². The van der Waals surface area contributed by atoms with Crippen LogP contribution < -0.4 is 5.32 Å². The van der Waals surface area contributed by atoms with Crippen molar-refractivity contribution in [2.24, 2.45) is 5.41 Å².